The molecule has 5 nitrogen and oxygen atoms in total. The van der Waals surface area contributed by atoms with Crippen LogP contribution in [0.3, 0.4) is 0 Å². The zero-order chi connectivity index (χ0) is 13.6. The van der Waals surface area contributed by atoms with Gasteiger partial charge < -0.3 is 14.5 Å². The summed E-state index contributed by atoms with van der Waals surface area (Å²) in [5, 5.41) is 0. The van der Waals surface area contributed by atoms with Crippen LogP contribution in [0.4, 0.5) is 0 Å². The van der Waals surface area contributed by atoms with Crippen molar-refractivity contribution in [1.29, 1.82) is 0 Å². The van der Waals surface area contributed by atoms with Crippen LogP contribution in [-0.4, -0.2) is 53.1 Å². The van der Waals surface area contributed by atoms with E-state index in [1.54, 1.807) is 0 Å². The maximum Gasteiger partial charge on any atom is 0.227 e. The fourth-order valence-corrected chi connectivity index (χ4v) is 3.71. The number of carbonyl (C=O) groups is 2. The molecule has 106 valence electrons. The van der Waals surface area contributed by atoms with Gasteiger partial charge in [-0.1, -0.05) is 13.8 Å². The molecule has 19 heavy (non-hydrogen) atoms. The van der Waals surface area contributed by atoms with Crippen molar-refractivity contribution in [2.45, 2.75) is 51.3 Å². The van der Waals surface area contributed by atoms with Crippen molar-refractivity contribution in [2.75, 3.05) is 19.7 Å². The average molecular weight is 266 g/mol. The van der Waals surface area contributed by atoms with Gasteiger partial charge >= 0.3 is 0 Å². The number of rotatable bonds is 2. The van der Waals surface area contributed by atoms with Gasteiger partial charge in [0.1, 0.15) is 0 Å². The van der Waals surface area contributed by atoms with Crippen molar-refractivity contribution >= 4 is 11.8 Å². The molecule has 3 aliphatic heterocycles. The Hall–Kier alpha value is -1.10. The van der Waals surface area contributed by atoms with E-state index in [4.69, 9.17) is 4.74 Å². The van der Waals surface area contributed by atoms with Crippen molar-refractivity contribution in [2.24, 2.45) is 5.92 Å². The topological polar surface area (TPSA) is 49.9 Å². The van der Waals surface area contributed by atoms with Crippen molar-refractivity contribution in [3.8, 4) is 0 Å². The van der Waals surface area contributed by atoms with Crippen molar-refractivity contribution in [3.63, 3.8) is 0 Å². The molecule has 0 unspecified atom stereocenters. The molecule has 0 aromatic rings. The van der Waals surface area contributed by atoms with Crippen LogP contribution in [0.1, 0.15) is 39.5 Å². The first kappa shape index (κ1) is 12.9. The van der Waals surface area contributed by atoms with E-state index < -0.39 is 5.72 Å². The second-order valence-corrected chi connectivity index (χ2v) is 6.25. The molecule has 0 bridgehead atoms. The quantitative estimate of drug-likeness (QED) is 0.748. The van der Waals surface area contributed by atoms with Gasteiger partial charge in [-0.15, -0.1) is 0 Å². The van der Waals surface area contributed by atoms with Crippen molar-refractivity contribution < 1.29 is 14.3 Å². The fraction of sp³-hybridized carbons (Fsp3) is 0.857. The molecule has 0 aliphatic carbocycles. The minimum Gasteiger partial charge on any atom is -0.353 e. The van der Waals surface area contributed by atoms with Crippen LogP contribution >= 0.6 is 0 Å². The van der Waals surface area contributed by atoms with E-state index in [1.165, 1.54) is 0 Å². The number of nitrogens with zero attached hydrogens (tertiary/aromatic N) is 2. The van der Waals surface area contributed by atoms with Crippen LogP contribution in [0, 0.1) is 5.92 Å². The maximum absolute atomic E-state index is 12.3. The lowest BCUT2D eigenvalue weighted by atomic mass is 10.0. The molecule has 5 heteroatoms. The minimum absolute atomic E-state index is 0.0634. The molecule has 2 amide bonds. The molecule has 0 saturated carbocycles. The summed E-state index contributed by atoms with van der Waals surface area (Å²) in [5.41, 5.74) is -0.498. The van der Waals surface area contributed by atoms with Gasteiger partial charge in [0.2, 0.25) is 11.8 Å². The first-order valence-electron chi connectivity index (χ1n) is 7.28. The highest BCUT2D eigenvalue weighted by atomic mass is 16.5. The summed E-state index contributed by atoms with van der Waals surface area (Å²) in [6, 6.07) is -0.0634. The molecular formula is C14H22N2O3. The Morgan fingerprint density at radius 3 is 3.00 bits per heavy atom. The first-order valence-corrected chi connectivity index (χ1v) is 7.28. The highest BCUT2D eigenvalue weighted by molar-refractivity contribution is 5.84. The lowest BCUT2D eigenvalue weighted by Gasteiger charge is -2.42. The third-order valence-corrected chi connectivity index (χ3v) is 4.52. The SMILES string of the molecule is CC(C)CC(=O)N1CC[C@@]23OCCCN2C(=O)C[C@@H]13. The predicted molar refractivity (Wildman–Crippen MR) is 69.2 cm³/mol. The second kappa shape index (κ2) is 4.47. The van der Waals surface area contributed by atoms with E-state index in [1.807, 2.05) is 23.6 Å². The summed E-state index contributed by atoms with van der Waals surface area (Å²) in [4.78, 5) is 28.2. The smallest absolute Gasteiger partial charge is 0.227 e. The Morgan fingerprint density at radius 1 is 1.47 bits per heavy atom. The molecule has 0 aromatic heterocycles. The van der Waals surface area contributed by atoms with Gasteiger partial charge in [-0.2, -0.15) is 0 Å². The normalized spacial score (nSPS) is 33.8. The Bertz CT molecular complexity index is 409. The third kappa shape index (κ3) is 1.86. The summed E-state index contributed by atoms with van der Waals surface area (Å²) in [5.74, 6) is 0.664. The number of likely N-dealkylation sites (tertiary alicyclic amines) is 1. The van der Waals surface area contributed by atoms with Crippen LogP contribution < -0.4 is 0 Å². The van der Waals surface area contributed by atoms with Gasteiger partial charge in [-0.25, -0.2) is 0 Å². The van der Waals surface area contributed by atoms with Crippen LogP contribution in [-0.2, 0) is 14.3 Å². The molecule has 3 heterocycles. The predicted octanol–water partition coefficient (Wildman–Crippen LogP) is 0.982. The monoisotopic (exact) mass is 266 g/mol. The molecule has 0 aromatic carbocycles. The molecule has 1 spiro atoms. The van der Waals surface area contributed by atoms with Crippen LogP contribution in [0.15, 0.2) is 0 Å². The number of amides is 2. The molecular weight excluding hydrogens is 244 g/mol. The highest BCUT2D eigenvalue weighted by Crippen LogP contribution is 2.45. The zero-order valence-corrected chi connectivity index (χ0v) is 11.7. The van der Waals surface area contributed by atoms with E-state index in [2.05, 4.69) is 0 Å². The average Bonchev–Trinajstić information content (AvgIpc) is 2.81. The summed E-state index contributed by atoms with van der Waals surface area (Å²) >= 11 is 0. The maximum atomic E-state index is 12.3. The highest BCUT2D eigenvalue weighted by Gasteiger charge is 2.61. The first-order chi connectivity index (χ1) is 9.04. The van der Waals surface area contributed by atoms with Gasteiger partial charge in [-0.05, 0) is 12.3 Å². The number of hydrogen-bond donors (Lipinski definition) is 0. The molecule has 3 saturated heterocycles. The summed E-state index contributed by atoms with van der Waals surface area (Å²) in [6.07, 6.45) is 2.66. The Labute approximate surface area is 113 Å². The van der Waals surface area contributed by atoms with Crippen molar-refractivity contribution in [3.05, 3.63) is 0 Å². The van der Waals surface area contributed by atoms with E-state index in [-0.39, 0.29) is 17.9 Å². The molecule has 3 fully saturated rings. The van der Waals surface area contributed by atoms with Crippen LogP contribution in [0.25, 0.3) is 0 Å². The van der Waals surface area contributed by atoms with Gasteiger partial charge in [0.25, 0.3) is 0 Å². The standard InChI is InChI=1S/C14H22N2O3/c1-10(2)8-12(17)15-6-4-14-11(15)9-13(18)16(14)5-3-7-19-14/h10-11H,3-9H2,1-2H3/t11-,14+/m1/s1. The van der Waals surface area contributed by atoms with E-state index in [9.17, 15) is 9.59 Å². The van der Waals surface area contributed by atoms with Gasteiger partial charge in [-0.3, -0.25) is 9.59 Å². The summed E-state index contributed by atoms with van der Waals surface area (Å²) < 4.78 is 5.98. The van der Waals surface area contributed by atoms with Gasteiger partial charge in [0, 0.05) is 25.9 Å². The third-order valence-electron chi connectivity index (χ3n) is 4.52. The minimum atomic E-state index is -0.498. The Balaban J connectivity index is 1.82. The molecule has 3 aliphatic rings. The van der Waals surface area contributed by atoms with Crippen molar-refractivity contribution in [1.82, 2.24) is 9.80 Å². The second-order valence-electron chi connectivity index (χ2n) is 6.25. The molecule has 3 rings (SSSR count). The molecule has 2 atom stereocenters. The summed E-state index contributed by atoms with van der Waals surface area (Å²) in [6.45, 7) is 6.30. The zero-order valence-electron chi connectivity index (χ0n) is 11.7. The fourth-order valence-electron chi connectivity index (χ4n) is 3.71. The van der Waals surface area contributed by atoms with E-state index in [0.29, 0.717) is 25.4 Å². The molecule has 0 N–H and O–H groups in total. The lowest BCUT2D eigenvalue weighted by molar-refractivity contribution is -0.181. The summed E-state index contributed by atoms with van der Waals surface area (Å²) in [7, 11) is 0. The van der Waals surface area contributed by atoms with E-state index in [0.717, 1.165) is 25.9 Å². The lowest BCUT2D eigenvalue weighted by Crippen LogP contribution is -2.56. The van der Waals surface area contributed by atoms with Gasteiger partial charge in [0.15, 0.2) is 5.72 Å². The number of hydrogen-bond acceptors (Lipinski definition) is 3. The number of carbonyl (C=O) groups excluding carboxylic acids is 2. The van der Waals surface area contributed by atoms with Gasteiger partial charge in [0.05, 0.1) is 19.1 Å². The van der Waals surface area contributed by atoms with Crippen LogP contribution in [0.2, 0.25) is 0 Å². The Morgan fingerprint density at radius 2 is 2.26 bits per heavy atom. The Kier molecular flexibility index (Phi) is 3.04. The van der Waals surface area contributed by atoms with Crippen LogP contribution in [0.5, 0.6) is 0 Å². The number of ether oxygens (including phenoxy) is 1. The van der Waals surface area contributed by atoms with E-state index >= 15 is 0 Å². The largest absolute Gasteiger partial charge is 0.353 e. The molecule has 0 radical (unpaired) electrons.